The molecule has 0 unspecified atom stereocenters. The summed E-state index contributed by atoms with van der Waals surface area (Å²) < 4.78 is 6.11. The number of fused-ring (bicyclic) bond motifs is 2. The van der Waals surface area contributed by atoms with Crippen LogP contribution in [0.3, 0.4) is 0 Å². The number of unbranched alkanes of at least 4 members (excludes halogenated alkanes) is 3. The molecular formula is C77H81Cl5N6P2PdSn. The maximum Gasteiger partial charge on any atom is -0.0134 e. The maximum absolute atomic E-state index is 6.24. The molecule has 12 aromatic rings. The zero-order chi connectivity index (χ0) is 64.5. The SMILES string of the molecule is C.CCC[CH2][Sn]([CH2]CCC)([CH2]CCC)[c]1cccc(C)n1.Cc1cccc(-c2cc(Cl)c3cccnc3n2)n1.Clc1cc(Cl)c2cccnc2n1.[Cl][Pd][Cl].c1ccc(P(c2ccccc2)c2ccccc2)cc1.c1ccc(P(c2ccccc2)c2ccccc2)cc1. The van der Waals surface area contributed by atoms with Crippen molar-refractivity contribution in [2.45, 2.75) is 93.9 Å². The van der Waals surface area contributed by atoms with Crippen molar-refractivity contribution in [3.63, 3.8) is 0 Å². The molecule has 0 amide bonds. The van der Waals surface area contributed by atoms with Crippen LogP contribution in [-0.2, 0) is 15.9 Å². The first-order valence-electron chi connectivity index (χ1n) is 30.6. The summed E-state index contributed by atoms with van der Waals surface area (Å²) in [7, 11) is 8.74. The van der Waals surface area contributed by atoms with Gasteiger partial charge in [0.25, 0.3) is 0 Å². The number of pyridine rings is 6. The van der Waals surface area contributed by atoms with Gasteiger partial charge in [0, 0.05) is 28.9 Å². The van der Waals surface area contributed by atoms with Gasteiger partial charge < -0.3 is 0 Å². The number of nitrogens with zero attached hydrogens (tertiary/aromatic N) is 6. The van der Waals surface area contributed by atoms with Gasteiger partial charge in [-0.1, -0.05) is 230 Å². The van der Waals surface area contributed by atoms with Gasteiger partial charge >= 0.3 is 165 Å². The van der Waals surface area contributed by atoms with Gasteiger partial charge in [0.1, 0.15) is 5.15 Å². The van der Waals surface area contributed by atoms with Crippen LogP contribution in [0.4, 0.5) is 0 Å². The first-order chi connectivity index (χ1) is 44.5. The van der Waals surface area contributed by atoms with Gasteiger partial charge in [0.2, 0.25) is 0 Å². The molecule has 0 aliphatic rings. The van der Waals surface area contributed by atoms with Crippen LogP contribution >= 0.6 is 69.7 Å². The minimum absolute atomic E-state index is 0. The molecule has 478 valence electrons. The van der Waals surface area contributed by atoms with Crippen LogP contribution in [0.25, 0.3) is 33.5 Å². The molecule has 0 saturated heterocycles. The second-order valence-corrected chi connectivity index (χ2v) is 42.4. The summed E-state index contributed by atoms with van der Waals surface area (Å²) >= 11 is 15.5. The van der Waals surface area contributed by atoms with Crippen molar-refractivity contribution in [1.82, 2.24) is 29.9 Å². The number of halogens is 5. The van der Waals surface area contributed by atoms with E-state index in [4.69, 9.17) is 58.8 Å². The fourth-order valence-corrected chi connectivity index (χ4v) is 31.3. The monoisotopic (exact) mass is 1550 g/mol. The van der Waals surface area contributed by atoms with Crippen molar-refractivity contribution in [3.8, 4) is 11.4 Å². The fraction of sp³-hybridized carbons (Fsp3) is 0.195. The second-order valence-electron chi connectivity index (χ2n) is 21.3. The minimum Gasteiger partial charge on any atom is -0.0622 e. The zero-order valence-corrected chi connectivity index (χ0v) is 62.0. The van der Waals surface area contributed by atoms with Crippen molar-refractivity contribution in [1.29, 1.82) is 0 Å². The molecule has 0 aliphatic heterocycles. The van der Waals surface area contributed by atoms with Crippen LogP contribution in [0, 0.1) is 13.8 Å². The molecule has 0 spiro atoms. The summed E-state index contributed by atoms with van der Waals surface area (Å²) in [4.78, 5) is 26.2. The Hall–Kier alpha value is -5.49. The quantitative estimate of drug-likeness (QED) is 0.0514. The van der Waals surface area contributed by atoms with E-state index < -0.39 is 34.2 Å². The van der Waals surface area contributed by atoms with Gasteiger partial charge in [-0.2, -0.15) is 0 Å². The largest absolute Gasteiger partial charge is 0.0622 e. The Labute approximate surface area is 585 Å². The van der Waals surface area contributed by atoms with Crippen LogP contribution < -0.4 is 35.5 Å². The molecule has 6 aromatic heterocycles. The topological polar surface area (TPSA) is 77.3 Å². The molecule has 0 N–H and O–H groups in total. The Morgan fingerprint density at radius 1 is 0.370 bits per heavy atom. The number of rotatable bonds is 17. The molecule has 6 aromatic carbocycles. The molecule has 12 rings (SSSR count). The van der Waals surface area contributed by atoms with Gasteiger partial charge in [0.05, 0.1) is 21.4 Å². The average molecular weight is 1550 g/mol. The van der Waals surface area contributed by atoms with E-state index in [0.717, 1.165) is 27.9 Å². The van der Waals surface area contributed by atoms with Crippen LogP contribution in [0.2, 0.25) is 28.5 Å². The summed E-state index contributed by atoms with van der Waals surface area (Å²) in [6, 6.07) is 88.1. The van der Waals surface area contributed by atoms with E-state index in [1.54, 1.807) is 22.2 Å². The van der Waals surface area contributed by atoms with E-state index in [-0.39, 0.29) is 23.4 Å². The Balaban J connectivity index is 0.000000181. The van der Waals surface area contributed by atoms with E-state index in [9.17, 15) is 0 Å². The van der Waals surface area contributed by atoms with Gasteiger partial charge in [-0.25, -0.2) is 19.9 Å². The number of hydrogen-bond acceptors (Lipinski definition) is 6. The van der Waals surface area contributed by atoms with Gasteiger partial charge in [-0.15, -0.1) is 0 Å². The molecule has 0 radical (unpaired) electrons. The molecule has 0 aliphatic carbocycles. The average Bonchev–Trinajstić information content (AvgIpc) is 0.911. The number of aryl methyl sites for hydroxylation is 2. The molecule has 0 atom stereocenters. The standard InChI is InChI=1S/2C18H15P.C14H10ClN3.C8H4Cl2N2.C6H6N.3C4H9.CH4.2ClH.Pd.Sn/c2*1-4-10-16(11-5-1)19(17-12-6-2-7-13-17)18-14-8-3-9-15-18;1-9-4-2-6-12(17-9)13-8-11(15)10-5-3-7-16-14(10)18-13;9-6-4-7(10)12-8-5(6)2-1-3-11-8;1-6-4-2-3-5-7-6;3*1-3-4-2;;;;;/h2*1-15H;2-8H,1H3;1-4H;2-4H,1H3;3*1,3-4H2,2H3;1H4;2*1H;;/q;;;;;;;;;;;+2;/p-2. The summed E-state index contributed by atoms with van der Waals surface area (Å²) in [6.07, 6.45) is 11.6. The Bertz CT molecular complexity index is 3680. The molecule has 6 heterocycles. The smallest absolute Gasteiger partial charge is 0.0134 e. The van der Waals surface area contributed by atoms with E-state index in [2.05, 4.69) is 253 Å². The molecular weight excluding hydrogens is 1470 g/mol. The maximum atomic E-state index is 6.24. The molecule has 0 saturated carbocycles. The molecule has 92 heavy (non-hydrogen) atoms. The predicted octanol–water partition coefficient (Wildman–Crippen LogP) is 20.9. The van der Waals surface area contributed by atoms with E-state index >= 15 is 0 Å². The Kier molecular flexibility index (Phi) is 34.5. The van der Waals surface area contributed by atoms with Crippen LogP contribution in [0.1, 0.15) is 78.1 Å². The van der Waals surface area contributed by atoms with Crippen LogP contribution in [0.15, 0.2) is 267 Å². The van der Waals surface area contributed by atoms with Crippen LogP contribution in [0.5, 0.6) is 0 Å². The van der Waals surface area contributed by atoms with Crippen LogP contribution in [-0.4, -0.2) is 48.3 Å². The summed E-state index contributed by atoms with van der Waals surface area (Å²) in [5, 5.41) is 11.7. The van der Waals surface area contributed by atoms with E-state index in [0.29, 0.717) is 26.5 Å². The van der Waals surface area contributed by atoms with Gasteiger partial charge in [-0.3, -0.25) is 4.98 Å². The summed E-state index contributed by atoms with van der Waals surface area (Å²) in [5.74, 6) is 0. The van der Waals surface area contributed by atoms with Gasteiger partial charge in [0.15, 0.2) is 11.3 Å². The summed E-state index contributed by atoms with van der Waals surface area (Å²) in [6.45, 7) is 11.1. The fourth-order valence-electron chi connectivity index (χ4n) is 10.3. The second kappa shape index (κ2) is 42.1. The summed E-state index contributed by atoms with van der Waals surface area (Å²) in [5.41, 5.74) is 4.94. The van der Waals surface area contributed by atoms with Crippen molar-refractivity contribution < 1.29 is 15.9 Å². The zero-order valence-electron chi connectivity index (χ0n) is 52.1. The third kappa shape index (κ3) is 23.8. The molecule has 0 fully saturated rings. The van der Waals surface area contributed by atoms with E-state index in [1.165, 1.54) is 89.4 Å². The number of aromatic nitrogens is 6. The first-order valence-corrected chi connectivity index (χ1v) is 45.9. The van der Waals surface area contributed by atoms with Crippen molar-refractivity contribution in [2.24, 2.45) is 0 Å². The first kappa shape index (κ1) is 75.5. The third-order valence-electron chi connectivity index (χ3n) is 14.7. The molecule has 6 nitrogen and oxygen atoms in total. The van der Waals surface area contributed by atoms with Gasteiger partial charge in [-0.05, 0) is 103 Å². The van der Waals surface area contributed by atoms with Crippen molar-refractivity contribution >= 4 is 146 Å². The third-order valence-corrected chi connectivity index (χ3v) is 35.6. The van der Waals surface area contributed by atoms with Crippen molar-refractivity contribution in [2.75, 3.05) is 0 Å². The van der Waals surface area contributed by atoms with Crippen molar-refractivity contribution in [3.05, 3.63) is 294 Å². The normalized spacial score (nSPS) is 10.7. The van der Waals surface area contributed by atoms with E-state index in [1.807, 2.05) is 55.5 Å². The Morgan fingerprint density at radius 2 is 0.707 bits per heavy atom. The molecule has 15 heteroatoms. The molecule has 0 bridgehead atoms. The predicted molar refractivity (Wildman–Crippen MR) is 404 cm³/mol. The Morgan fingerprint density at radius 3 is 1.05 bits per heavy atom. The minimum atomic E-state index is -2.25. The number of hydrogen-bond donors (Lipinski definition) is 0. The number of benzene rings is 6.